The Morgan fingerprint density at radius 1 is 1.21 bits per heavy atom. The molecular weight excluding hydrogens is 356 g/mol. The van der Waals surface area contributed by atoms with E-state index >= 15 is 0 Å². The fourth-order valence-electron chi connectivity index (χ4n) is 4.51. The second-order valence-electron chi connectivity index (χ2n) is 7.96. The normalized spacial score (nSPS) is 23.4. The van der Waals surface area contributed by atoms with Crippen LogP contribution in [0.4, 0.5) is 0 Å². The first kappa shape index (κ1) is 18.7. The van der Waals surface area contributed by atoms with E-state index < -0.39 is 5.63 Å². The van der Waals surface area contributed by atoms with E-state index in [4.69, 9.17) is 9.15 Å². The van der Waals surface area contributed by atoms with E-state index in [-0.39, 0.29) is 12.5 Å². The summed E-state index contributed by atoms with van der Waals surface area (Å²) in [4.78, 5) is 23.6. The minimum Gasteiger partial charge on any atom is -0.484 e. The fraction of sp³-hybridized carbons (Fsp3) is 0.500. The summed E-state index contributed by atoms with van der Waals surface area (Å²) in [7, 11) is 0. The van der Waals surface area contributed by atoms with E-state index in [1.165, 1.54) is 38.2 Å². The molecule has 2 atom stereocenters. The van der Waals surface area contributed by atoms with E-state index in [9.17, 15) is 9.59 Å². The molecule has 2 saturated carbocycles. The largest absolute Gasteiger partial charge is 0.484 e. The van der Waals surface area contributed by atoms with Crippen LogP contribution in [0.5, 0.6) is 5.75 Å². The highest BCUT2D eigenvalue weighted by Crippen LogP contribution is 2.39. The molecule has 1 N–H and O–H groups in total. The number of amides is 1. The molecule has 0 saturated heterocycles. The SMILES string of the molecule is Cc1cc(=O)oc2cc(OCC(=O)N/N=C3/CC[C@H]4CCCC[C@H]4C3)ccc12. The van der Waals surface area contributed by atoms with Crippen LogP contribution in [0.25, 0.3) is 11.0 Å². The molecule has 0 spiro atoms. The number of hydrogen-bond donors (Lipinski definition) is 1. The topological polar surface area (TPSA) is 80.9 Å². The summed E-state index contributed by atoms with van der Waals surface area (Å²) in [5.41, 5.74) is 4.62. The molecule has 1 aromatic heterocycles. The van der Waals surface area contributed by atoms with Crippen molar-refractivity contribution in [3.8, 4) is 5.75 Å². The lowest BCUT2D eigenvalue weighted by Gasteiger charge is -2.35. The van der Waals surface area contributed by atoms with Crippen molar-refractivity contribution in [2.24, 2.45) is 16.9 Å². The number of carbonyl (C=O) groups is 1. The minimum absolute atomic E-state index is 0.135. The number of benzene rings is 1. The first-order chi connectivity index (χ1) is 13.6. The number of nitrogens with zero attached hydrogens (tertiary/aromatic N) is 1. The Morgan fingerprint density at radius 3 is 2.89 bits per heavy atom. The Morgan fingerprint density at radius 2 is 2.04 bits per heavy atom. The van der Waals surface area contributed by atoms with Crippen molar-refractivity contribution in [3.05, 3.63) is 40.2 Å². The third kappa shape index (κ3) is 4.26. The van der Waals surface area contributed by atoms with Crippen molar-refractivity contribution >= 4 is 22.6 Å². The van der Waals surface area contributed by atoms with Crippen LogP contribution in [0.1, 0.15) is 50.5 Å². The van der Waals surface area contributed by atoms with Crippen LogP contribution < -0.4 is 15.8 Å². The molecule has 4 rings (SSSR count). The van der Waals surface area contributed by atoms with Crippen molar-refractivity contribution in [1.82, 2.24) is 5.43 Å². The molecule has 2 fully saturated rings. The van der Waals surface area contributed by atoms with Gasteiger partial charge >= 0.3 is 5.63 Å². The average molecular weight is 382 g/mol. The third-order valence-electron chi connectivity index (χ3n) is 6.00. The lowest BCUT2D eigenvalue weighted by atomic mass is 9.70. The standard InChI is InChI=1S/C22H26N2O4/c1-14-10-22(26)28-20-12-18(8-9-19(14)20)27-13-21(25)24-23-17-7-6-15-4-2-3-5-16(15)11-17/h8-10,12,15-16H,2-7,11,13H2,1H3,(H,24,25)/b23-17-/t15-,16+/m1/s1. The van der Waals surface area contributed by atoms with E-state index in [2.05, 4.69) is 10.5 Å². The molecule has 148 valence electrons. The number of aryl methyl sites for hydroxylation is 1. The summed E-state index contributed by atoms with van der Waals surface area (Å²) in [5.74, 6) is 1.78. The van der Waals surface area contributed by atoms with Gasteiger partial charge in [-0.05, 0) is 62.1 Å². The summed E-state index contributed by atoms with van der Waals surface area (Å²) >= 11 is 0. The van der Waals surface area contributed by atoms with Gasteiger partial charge in [0.15, 0.2) is 6.61 Å². The fourth-order valence-corrected chi connectivity index (χ4v) is 4.51. The summed E-state index contributed by atoms with van der Waals surface area (Å²) in [6.45, 7) is 1.72. The first-order valence-corrected chi connectivity index (χ1v) is 10.1. The number of carbonyl (C=O) groups excluding carboxylic acids is 1. The van der Waals surface area contributed by atoms with Gasteiger partial charge in [-0.15, -0.1) is 0 Å². The van der Waals surface area contributed by atoms with Crippen LogP contribution in [0.15, 0.2) is 38.6 Å². The predicted octanol–water partition coefficient (Wildman–Crippen LogP) is 3.94. The highest BCUT2D eigenvalue weighted by atomic mass is 16.5. The van der Waals surface area contributed by atoms with Crippen LogP contribution in [0.2, 0.25) is 0 Å². The van der Waals surface area contributed by atoms with E-state index in [1.807, 2.05) is 13.0 Å². The van der Waals surface area contributed by atoms with Crippen molar-refractivity contribution in [1.29, 1.82) is 0 Å². The van der Waals surface area contributed by atoms with Gasteiger partial charge in [-0.2, -0.15) is 5.10 Å². The molecule has 1 aromatic carbocycles. The molecule has 6 heteroatoms. The van der Waals surface area contributed by atoms with Crippen LogP contribution in [0.3, 0.4) is 0 Å². The number of hydrazone groups is 1. The van der Waals surface area contributed by atoms with Gasteiger partial charge in [-0.3, -0.25) is 4.79 Å². The second-order valence-corrected chi connectivity index (χ2v) is 7.96. The van der Waals surface area contributed by atoms with Crippen LogP contribution in [-0.4, -0.2) is 18.2 Å². The van der Waals surface area contributed by atoms with Crippen molar-refractivity contribution in [2.45, 2.75) is 51.9 Å². The molecule has 0 unspecified atom stereocenters. The third-order valence-corrected chi connectivity index (χ3v) is 6.00. The van der Waals surface area contributed by atoms with Gasteiger partial charge in [0, 0.05) is 23.2 Å². The van der Waals surface area contributed by atoms with Crippen molar-refractivity contribution in [3.63, 3.8) is 0 Å². The molecule has 0 radical (unpaired) electrons. The second kappa shape index (κ2) is 8.17. The van der Waals surface area contributed by atoms with E-state index in [0.29, 0.717) is 11.3 Å². The smallest absolute Gasteiger partial charge is 0.336 e. The summed E-state index contributed by atoms with van der Waals surface area (Å²) < 4.78 is 10.7. The Hall–Kier alpha value is -2.63. The van der Waals surface area contributed by atoms with Crippen LogP contribution in [-0.2, 0) is 4.79 Å². The molecule has 2 aliphatic carbocycles. The number of fused-ring (bicyclic) bond motifs is 2. The van der Waals surface area contributed by atoms with Gasteiger partial charge in [0.2, 0.25) is 0 Å². The Kier molecular flexibility index (Phi) is 5.46. The van der Waals surface area contributed by atoms with Gasteiger partial charge in [0.1, 0.15) is 11.3 Å². The number of rotatable bonds is 4. The zero-order valence-electron chi connectivity index (χ0n) is 16.2. The summed E-state index contributed by atoms with van der Waals surface area (Å²) in [5, 5.41) is 5.19. The summed E-state index contributed by atoms with van der Waals surface area (Å²) in [6.07, 6.45) is 8.50. The Bertz CT molecular complexity index is 963. The predicted molar refractivity (Wildman–Crippen MR) is 108 cm³/mol. The first-order valence-electron chi connectivity index (χ1n) is 10.1. The maximum absolute atomic E-state index is 12.1. The lowest BCUT2D eigenvalue weighted by Crippen LogP contribution is -2.31. The Balaban J connectivity index is 1.32. The maximum Gasteiger partial charge on any atom is 0.336 e. The van der Waals surface area contributed by atoms with Crippen LogP contribution in [0, 0.1) is 18.8 Å². The zero-order valence-corrected chi connectivity index (χ0v) is 16.2. The minimum atomic E-state index is -0.400. The number of nitrogens with one attached hydrogen (secondary N) is 1. The van der Waals surface area contributed by atoms with Crippen LogP contribution >= 0.6 is 0 Å². The highest BCUT2D eigenvalue weighted by Gasteiger charge is 2.30. The van der Waals surface area contributed by atoms with Crippen molar-refractivity contribution in [2.75, 3.05) is 6.61 Å². The molecule has 1 amide bonds. The van der Waals surface area contributed by atoms with Gasteiger partial charge in [-0.1, -0.05) is 19.3 Å². The maximum atomic E-state index is 12.1. The van der Waals surface area contributed by atoms with Crippen molar-refractivity contribution < 1.29 is 13.9 Å². The van der Waals surface area contributed by atoms with E-state index in [0.717, 1.165) is 41.3 Å². The molecule has 1 heterocycles. The quantitative estimate of drug-likeness (QED) is 0.641. The number of hydrogen-bond acceptors (Lipinski definition) is 5. The Labute approximate surface area is 164 Å². The molecular formula is C22H26N2O4. The van der Waals surface area contributed by atoms with E-state index in [1.54, 1.807) is 12.1 Å². The molecule has 2 aliphatic rings. The van der Waals surface area contributed by atoms with Gasteiger partial charge in [-0.25, -0.2) is 10.2 Å². The van der Waals surface area contributed by atoms with Gasteiger partial charge < -0.3 is 9.15 Å². The molecule has 0 bridgehead atoms. The average Bonchev–Trinajstić information content (AvgIpc) is 2.70. The molecule has 6 nitrogen and oxygen atoms in total. The van der Waals surface area contributed by atoms with Gasteiger partial charge in [0.25, 0.3) is 5.91 Å². The highest BCUT2D eigenvalue weighted by molar-refractivity contribution is 5.87. The molecule has 0 aliphatic heterocycles. The van der Waals surface area contributed by atoms with Gasteiger partial charge in [0.05, 0.1) is 0 Å². The summed E-state index contributed by atoms with van der Waals surface area (Å²) in [6, 6.07) is 6.67. The lowest BCUT2D eigenvalue weighted by molar-refractivity contribution is -0.123. The monoisotopic (exact) mass is 382 g/mol. The zero-order chi connectivity index (χ0) is 19.5. The number of ether oxygens (including phenoxy) is 1. The molecule has 28 heavy (non-hydrogen) atoms. The molecule has 2 aromatic rings.